The second kappa shape index (κ2) is 7.27. The van der Waals surface area contributed by atoms with Gasteiger partial charge in [0.2, 0.25) is 0 Å². The minimum atomic E-state index is -0.161. The minimum absolute atomic E-state index is 0.128. The van der Waals surface area contributed by atoms with E-state index in [0.717, 1.165) is 30.2 Å². The molecule has 0 bridgehead atoms. The van der Waals surface area contributed by atoms with Gasteiger partial charge >= 0.3 is 0 Å². The Bertz CT molecular complexity index is 498. The van der Waals surface area contributed by atoms with E-state index in [9.17, 15) is 9.90 Å². The van der Waals surface area contributed by atoms with Crippen molar-refractivity contribution >= 4 is 21.8 Å². The molecule has 0 atom stereocenters. The molecule has 0 spiro atoms. The van der Waals surface area contributed by atoms with Crippen molar-refractivity contribution in [2.45, 2.75) is 32.1 Å². The van der Waals surface area contributed by atoms with Crippen molar-refractivity contribution in [3.8, 4) is 5.75 Å². The van der Waals surface area contributed by atoms with Crippen LogP contribution < -0.4 is 10.1 Å². The SMILES string of the molecule is COc1ccc(Br)cc1C(=O)NCC1(CO)CCCCC1. The maximum atomic E-state index is 12.4. The number of nitrogens with one attached hydrogen (secondary N) is 1. The van der Waals surface area contributed by atoms with Crippen molar-refractivity contribution in [2.24, 2.45) is 5.41 Å². The molecule has 116 valence electrons. The summed E-state index contributed by atoms with van der Waals surface area (Å²) in [4.78, 5) is 12.4. The average molecular weight is 356 g/mol. The van der Waals surface area contributed by atoms with Gasteiger partial charge in [0, 0.05) is 16.4 Å². The normalized spacial score (nSPS) is 17.3. The van der Waals surface area contributed by atoms with Crippen LogP contribution >= 0.6 is 15.9 Å². The van der Waals surface area contributed by atoms with Gasteiger partial charge in [-0.2, -0.15) is 0 Å². The molecule has 0 unspecified atom stereocenters. The van der Waals surface area contributed by atoms with E-state index >= 15 is 0 Å². The summed E-state index contributed by atoms with van der Waals surface area (Å²) >= 11 is 3.37. The molecule has 4 nitrogen and oxygen atoms in total. The summed E-state index contributed by atoms with van der Waals surface area (Å²) in [6, 6.07) is 5.36. The third kappa shape index (κ3) is 3.98. The number of aliphatic hydroxyl groups excluding tert-OH is 1. The third-order valence-corrected chi connectivity index (χ3v) is 4.77. The van der Waals surface area contributed by atoms with E-state index in [1.165, 1.54) is 6.42 Å². The van der Waals surface area contributed by atoms with E-state index in [-0.39, 0.29) is 17.9 Å². The van der Waals surface area contributed by atoms with Crippen LogP contribution in [0.25, 0.3) is 0 Å². The minimum Gasteiger partial charge on any atom is -0.496 e. The Morgan fingerprint density at radius 1 is 1.38 bits per heavy atom. The largest absolute Gasteiger partial charge is 0.496 e. The molecular formula is C16H22BrNO3. The van der Waals surface area contributed by atoms with Crippen molar-refractivity contribution in [3.05, 3.63) is 28.2 Å². The Hall–Kier alpha value is -1.07. The van der Waals surface area contributed by atoms with Crippen molar-refractivity contribution in [1.29, 1.82) is 0 Å². The molecule has 5 heteroatoms. The van der Waals surface area contributed by atoms with Gasteiger partial charge in [0.25, 0.3) is 5.91 Å². The fourth-order valence-electron chi connectivity index (χ4n) is 2.91. The first kappa shape index (κ1) is 16.3. The van der Waals surface area contributed by atoms with Crippen LogP contribution in [0.1, 0.15) is 42.5 Å². The molecule has 1 fully saturated rings. The standard InChI is InChI=1S/C16H22BrNO3/c1-21-14-6-5-12(17)9-13(14)15(20)18-10-16(11-19)7-3-2-4-8-16/h5-6,9,19H,2-4,7-8,10-11H2,1H3,(H,18,20). The van der Waals surface area contributed by atoms with Crippen LogP contribution in [0.15, 0.2) is 22.7 Å². The average Bonchev–Trinajstić information content (AvgIpc) is 2.53. The predicted molar refractivity (Wildman–Crippen MR) is 85.6 cm³/mol. The van der Waals surface area contributed by atoms with Crippen molar-refractivity contribution < 1.29 is 14.6 Å². The Balaban J connectivity index is 2.06. The van der Waals surface area contributed by atoms with Gasteiger partial charge in [0.05, 0.1) is 19.3 Å². The molecule has 21 heavy (non-hydrogen) atoms. The Labute approximate surface area is 134 Å². The van der Waals surface area contributed by atoms with Crippen LogP contribution in [0.2, 0.25) is 0 Å². The molecule has 0 saturated heterocycles. The van der Waals surface area contributed by atoms with Crippen LogP contribution in [-0.2, 0) is 0 Å². The van der Waals surface area contributed by atoms with Crippen LogP contribution in [0, 0.1) is 5.41 Å². The summed E-state index contributed by atoms with van der Waals surface area (Å²) in [6.07, 6.45) is 5.40. The fourth-order valence-corrected chi connectivity index (χ4v) is 3.27. The lowest BCUT2D eigenvalue weighted by Gasteiger charge is -2.35. The second-order valence-corrected chi connectivity index (χ2v) is 6.66. The highest BCUT2D eigenvalue weighted by Gasteiger charge is 2.32. The quantitative estimate of drug-likeness (QED) is 0.852. The summed E-state index contributed by atoms with van der Waals surface area (Å²) in [6.45, 7) is 0.640. The first-order valence-corrected chi connectivity index (χ1v) is 8.12. The molecule has 0 aliphatic heterocycles. The number of amides is 1. The zero-order valence-corrected chi connectivity index (χ0v) is 13.9. The zero-order valence-electron chi connectivity index (χ0n) is 12.3. The molecule has 1 amide bonds. The van der Waals surface area contributed by atoms with Gasteiger partial charge in [0.15, 0.2) is 0 Å². The van der Waals surface area contributed by atoms with Crippen LogP contribution in [0.4, 0.5) is 0 Å². The number of carbonyl (C=O) groups is 1. The molecule has 0 aromatic heterocycles. The van der Waals surface area contributed by atoms with Crippen LogP contribution in [0.3, 0.4) is 0 Å². The monoisotopic (exact) mass is 355 g/mol. The summed E-state index contributed by atoms with van der Waals surface area (Å²) in [5.74, 6) is 0.393. The number of methoxy groups -OCH3 is 1. The number of hydrogen-bond acceptors (Lipinski definition) is 3. The zero-order chi connectivity index (χ0) is 15.3. The summed E-state index contributed by atoms with van der Waals surface area (Å²) in [7, 11) is 1.55. The first-order valence-electron chi connectivity index (χ1n) is 7.33. The molecule has 0 heterocycles. The number of hydrogen-bond donors (Lipinski definition) is 2. The van der Waals surface area contributed by atoms with Gasteiger partial charge < -0.3 is 15.2 Å². The maximum Gasteiger partial charge on any atom is 0.255 e. The van der Waals surface area contributed by atoms with Gasteiger partial charge in [-0.25, -0.2) is 0 Å². The van der Waals surface area contributed by atoms with Gasteiger partial charge in [-0.05, 0) is 31.0 Å². The van der Waals surface area contributed by atoms with E-state index < -0.39 is 0 Å². The molecule has 1 aliphatic carbocycles. The summed E-state index contributed by atoms with van der Waals surface area (Å²) in [5.41, 5.74) is 0.350. The van der Waals surface area contributed by atoms with Gasteiger partial charge in [-0.1, -0.05) is 35.2 Å². The van der Waals surface area contributed by atoms with Gasteiger partial charge in [0.1, 0.15) is 5.75 Å². The maximum absolute atomic E-state index is 12.4. The number of halogens is 1. The van der Waals surface area contributed by atoms with E-state index in [4.69, 9.17) is 4.74 Å². The molecule has 2 rings (SSSR count). The lowest BCUT2D eigenvalue weighted by molar-refractivity contribution is 0.0716. The number of ether oxygens (including phenoxy) is 1. The third-order valence-electron chi connectivity index (χ3n) is 4.28. The van der Waals surface area contributed by atoms with E-state index in [1.807, 2.05) is 6.07 Å². The highest BCUT2D eigenvalue weighted by atomic mass is 79.9. The van der Waals surface area contributed by atoms with Gasteiger partial charge in [-0.15, -0.1) is 0 Å². The molecule has 1 saturated carbocycles. The number of carbonyl (C=O) groups excluding carboxylic acids is 1. The number of rotatable bonds is 5. The second-order valence-electron chi connectivity index (χ2n) is 5.75. The molecular weight excluding hydrogens is 334 g/mol. The van der Waals surface area contributed by atoms with Gasteiger partial charge in [-0.3, -0.25) is 4.79 Å². The smallest absolute Gasteiger partial charge is 0.255 e. The summed E-state index contributed by atoms with van der Waals surface area (Å²) in [5, 5.41) is 12.6. The topological polar surface area (TPSA) is 58.6 Å². The van der Waals surface area contributed by atoms with Crippen molar-refractivity contribution in [3.63, 3.8) is 0 Å². The number of aliphatic hydroxyl groups is 1. The highest BCUT2D eigenvalue weighted by molar-refractivity contribution is 9.10. The molecule has 1 aliphatic rings. The van der Waals surface area contributed by atoms with Crippen LogP contribution in [-0.4, -0.2) is 31.3 Å². The highest BCUT2D eigenvalue weighted by Crippen LogP contribution is 2.35. The van der Waals surface area contributed by atoms with E-state index in [0.29, 0.717) is 17.9 Å². The fraction of sp³-hybridized carbons (Fsp3) is 0.562. The molecule has 0 radical (unpaired) electrons. The van der Waals surface area contributed by atoms with Crippen molar-refractivity contribution in [1.82, 2.24) is 5.32 Å². The van der Waals surface area contributed by atoms with Crippen molar-refractivity contribution in [2.75, 3.05) is 20.3 Å². The lowest BCUT2D eigenvalue weighted by Crippen LogP contribution is -2.41. The Morgan fingerprint density at radius 2 is 2.10 bits per heavy atom. The van der Waals surface area contributed by atoms with E-state index in [1.54, 1.807) is 19.2 Å². The Kier molecular flexibility index (Phi) is 5.65. The van der Waals surface area contributed by atoms with E-state index in [2.05, 4.69) is 21.2 Å². The summed E-state index contributed by atoms with van der Waals surface area (Å²) < 4.78 is 6.07. The predicted octanol–water partition coefficient (Wildman–Crippen LogP) is 3.13. The Morgan fingerprint density at radius 3 is 2.71 bits per heavy atom. The molecule has 1 aromatic rings. The number of benzene rings is 1. The van der Waals surface area contributed by atoms with Crippen LogP contribution in [0.5, 0.6) is 5.75 Å². The first-order chi connectivity index (χ1) is 10.1. The molecule has 2 N–H and O–H groups in total. The lowest BCUT2D eigenvalue weighted by atomic mass is 9.74. The molecule has 1 aromatic carbocycles.